The molecule has 0 spiro atoms. The number of hydrogen-bond donors (Lipinski definition) is 1. The molecule has 1 amide bonds. The van der Waals surface area contributed by atoms with Gasteiger partial charge in [-0.15, -0.1) is 11.8 Å². The standard InChI is InChI=1S/C17H15N3O2S/c1-20-14-9-4-3-8-13(14)16(21)15(19-20)17(22)18-11-6-5-7-12(10-11)23-2/h3-10H,1-2H3,(H,18,22). The summed E-state index contributed by atoms with van der Waals surface area (Å²) in [6.07, 6.45) is 1.96. The van der Waals surface area contributed by atoms with E-state index in [9.17, 15) is 9.59 Å². The number of fused-ring (bicyclic) bond motifs is 1. The first kappa shape index (κ1) is 15.3. The van der Waals surface area contributed by atoms with Crippen molar-refractivity contribution in [3.63, 3.8) is 0 Å². The zero-order valence-corrected chi connectivity index (χ0v) is 13.6. The lowest BCUT2D eigenvalue weighted by Gasteiger charge is -2.09. The van der Waals surface area contributed by atoms with Crippen LogP contribution in [-0.4, -0.2) is 21.9 Å². The van der Waals surface area contributed by atoms with Gasteiger partial charge in [-0.2, -0.15) is 5.10 Å². The lowest BCUT2D eigenvalue weighted by Crippen LogP contribution is -2.26. The molecule has 1 heterocycles. The van der Waals surface area contributed by atoms with Gasteiger partial charge in [-0.05, 0) is 36.6 Å². The van der Waals surface area contributed by atoms with Crippen LogP contribution >= 0.6 is 11.8 Å². The Morgan fingerprint density at radius 1 is 1.17 bits per heavy atom. The second-order valence-corrected chi connectivity index (χ2v) is 5.88. The number of carbonyl (C=O) groups is 1. The number of aryl methyl sites for hydroxylation is 1. The number of benzene rings is 2. The molecule has 116 valence electrons. The molecule has 0 aliphatic heterocycles. The normalized spacial score (nSPS) is 10.7. The van der Waals surface area contributed by atoms with Crippen LogP contribution in [0.25, 0.3) is 10.9 Å². The fraction of sp³-hybridized carbons (Fsp3) is 0.118. The average Bonchev–Trinajstić information content (AvgIpc) is 2.58. The maximum absolute atomic E-state index is 12.5. The Hall–Kier alpha value is -2.60. The largest absolute Gasteiger partial charge is 0.320 e. The molecule has 23 heavy (non-hydrogen) atoms. The number of rotatable bonds is 3. The predicted octanol–water partition coefficient (Wildman–Crippen LogP) is 2.91. The zero-order valence-electron chi connectivity index (χ0n) is 12.7. The Balaban J connectivity index is 2.01. The molecular formula is C17H15N3O2S. The van der Waals surface area contributed by atoms with Gasteiger partial charge in [0.1, 0.15) is 0 Å². The molecule has 0 aliphatic rings. The molecule has 6 heteroatoms. The van der Waals surface area contributed by atoms with Crippen molar-refractivity contribution < 1.29 is 4.79 Å². The highest BCUT2D eigenvalue weighted by Gasteiger charge is 2.16. The summed E-state index contributed by atoms with van der Waals surface area (Å²) in [6, 6.07) is 14.5. The molecule has 2 aromatic carbocycles. The van der Waals surface area contributed by atoms with E-state index >= 15 is 0 Å². The molecule has 0 atom stereocenters. The molecule has 1 N–H and O–H groups in total. The van der Waals surface area contributed by atoms with E-state index in [0.717, 1.165) is 4.90 Å². The molecule has 0 radical (unpaired) electrons. The number of anilines is 1. The number of hydrogen-bond acceptors (Lipinski definition) is 4. The molecule has 0 bridgehead atoms. The van der Waals surface area contributed by atoms with Gasteiger partial charge >= 0.3 is 0 Å². The zero-order chi connectivity index (χ0) is 16.4. The Kier molecular flexibility index (Phi) is 4.16. The van der Waals surface area contributed by atoms with Gasteiger partial charge in [0.25, 0.3) is 5.91 Å². The maximum atomic E-state index is 12.5. The number of amides is 1. The molecular weight excluding hydrogens is 310 g/mol. The lowest BCUT2D eigenvalue weighted by atomic mass is 10.2. The highest BCUT2D eigenvalue weighted by atomic mass is 32.2. The Morgan fingerprint density at radius 3 is 2.74 bits per heavy atom. The molecule has 5 nitrogen and oxygen atoms in total. The van der Waals surface area contributed by atoms with Crippen LogP contribution in [0, 0.1) is 0 Å². The molecule has 0 saturated carbocycles. The molecule has 0 unspecified atom stereocenters. The summed E-state index contributed by atoms with van der Waals surface area (Å²) < 4.78 is 1.55. The van der Waals surface area contributed by atoms with Crippen LogP contribution < -0.4 is 10.7 Å². The highest BCUT2D eigenvalue weighted by molar-refractivity contribution is 7.98. The first-order valence-electron chi connectivity index (χ1n) is 7.01. The third-order valence-electron chi connectivity index (χ3n) is 3.51. The van der Waals surface area contributed by atoms with E-state index in [2.05, 4.69) is 10.4 Å². The van der Waals surface area contributed by atoms with E-state index in [1.165, 1.54) is 0 Å². The van der Waals surface area contributed by atoms with Crippen molar-refractivity contribution in [3.8, 4) is 0 Å². The van der Waals surface area contributed by atoms with E-state index in [-0.39, 0.29) is 11.1 Å². The Morgan fingerprint density at radius 2 is 1.96 bits per heavy atom. The SMILES string of the molecule is CSc1cccc(NC(=O)c2nn(C)c3ccccc3c2=O)c1. The second-order valence-electron chi connectivity index (χ2n) is 5.00. The quantitative estimate of drug-likeness (QED) is 0.752. The summed E-state index contributed by atoms with van der Waals surface area (Å²) in [6.45, 7) is 0. The van der Waals surface area contributed by atoms with Gasteiger partial charge < -0.3 is 5.32 Å². The van der Waals surface area contributed by atoms with Gasteiger partial charge in [-0.25, -0.2) is 0 Å². The predicted molar refractivity (Wildman–Crippen MR) is 93.2 cm³/mol. The van der Waals surface area contributed by atoms with Crippen molar-refractivity contribution in [1.82, 2.24) is 9.78 Å². The van der Waals surface area contributed by atoms with Gasteiger partial charge in [0.15, 0.2) is 5.69 Å². The fourth-order valence-electron chi connectivity index (χ4n) is 2.36. The van der Waals surface area contributed by atoms with Crippen LogP contribution in [0.2, 0.25) is 0 Å². The van der Waals surface area contributed by atoms with Crippen LogP contribution in [0.1, 0.15) is 10.5 Å². The Labute approximate surface area is 137 Å². The van der Waals surface area contributed by atoms with Crippen molar-refractivity contribution in [2.45, 2.75) is 4.90 Å². The van der Waals surface area contributed by atoms with E-state index in [1.807, 2.05) is 30.5 Å². The van der Waals surface area contributed by atoms with E-state index in [1.54, 1.807) is 47.8 Å². The number of aromatic nitrogens is 2. The van der Waals surface area contributed by atoms with Crippen molar-refractivity contribution >= 4 is 34.3 Å². The summed E-state index contributed by atoms with van der Waals surface area (Å²) in [7, 11) is 1.72. The smallest absolute Gasteiger partial charge is 0.280 e. The van der Waals surface area contributed by atoms with E-state index < -0.39 is 5.91 Å². The van der Waals surface area contributed by atoms with Crippen LogP contribution in [0.4, 0.5) is 5.69 Å². The number of nitrogens with one attached hydrogen (secondary N) is 1. The fourth-order valence-corrected chi connectivity index (χ4v) is 2.82. The summed E-state index contributed by atoms with van der Waals surface area (Å²) in [5.74, 6) is -0.505. The number of nitrogens with zero attached hydrogens (tertiary/aromatic N) is 2. The van der Waals surface area contributed by atoms with Crippen LogP contribution in [-0.2, 0) is 7.05 Å². The highest BCUT2D eigenvalue weighted by Crippen LogP contribution is 2.19. The third kappa shape index (κ3) is 2.98. The summed E-state index contributed by atoms with van der Waals surface area (Å²) in [4.78, 5) is 26.0. The van der Waals surface area contributed by atoms with Gasteiger partial charge in [0, 0.05) is 23.0 Å². The average molecular weight is 325 g/mol. The summed E-state index contributed by atoms with van der Waals surface area (Å²) >= 11 is 1.58. The molecule has 1 aromatic heterocycles. The van der Waals surface area contributed by atoms with Crippen molar-refractivity contribution in [2.75, 3.05) is 11.6 Å². The van der Waals surface area contributed by atoms with E-state index in [0.29, 0.717) is 16.6 Å². The van der Waals surface area contributed by atoms with Crippen LogP contribution in [0.5, 0.6) is 0 Å². The number of para-hydroxylation sites is 1. The number of carbonyl (C=O) groups excluding carboxylic acids is 1. The first-order chi connectivity index (χ1) is 11.1. The van der Waals surface area contributed by atoms with Crippen molar-refractivity contribution in [2.24, 2.45) is 7.05 Å². The minimum Gasteiger partial charge on any atom is -0.320 e. The van der Waals surface area contributed by atoms with Crippen molar-refractivity contribution in [3.05, 3.63) is 64.4 Å². The third-order valence-corrected chi connectivity index (χ3v) is 4.23. The van der Waals surface area contributed by atoms with Gasteiger partial charge in [0.2, 0.25) is 5.43 Å². The van der Waals surface area contributed by atoms with Gasteiger partial charge in [-0.1, -0.05) is 18.2 Å². The molecule has 0 fully saturated rings. The maximum Gasteiger partial charge on any atom is 0.280 e. The topological polar surface area (TPSA) is 64.0 Å². The lowest BCUT2D eigenvalue weighted by molar-refractivity contribution is 0.101. The molecule has 0 aliphatic carbocycles. The monoisotopic (exact) mass is 325 g/mol. The van der Waals surface area contributed by atoms with Gasteiger partial charge in [-0.3, -0.25) is 14.3 Å². The molecule has 3 aromatic rings. The Bertz CT molecular complexity index is 950. The van der Waals surface area contributed by atoms with Crippen LogP contribution in [0.15, 0.2) is 58.2 Å². The minimum atomic E-state index is -0.505. The number of thioether (sulfide) groups is 1. The van der Waals surface area contributed by atoms with Crippen LogP contribution in [0.3, 0.4) is 0 Å². The van der Waals surface area contributed by atoms with E-state index in [4.69, 9.17) is 0 Å². The summed E-state index contributed by atoms with van der Waals surface area (Å²) in [5, 5.41) is 7.34. The van der Waals surface area contributed by atoms with Gasteiger partial charge in [0.05, 0.1) is 5.52 Å². The molecule has 0 saturated heterocycles. The molecule has 3 rings (SSSR count). The minimum absolute atomic E-state index is 0.110. The van der Waals surface area contributed by atoms with Crippen molar-refractivity contribution in [1.29, 1.82) is 0 Å². The second kappa shape index (κ2) is 6.26. The summed E-state index contributed by atoms with van der Waals surface area (Å²) in [5.41, 5.74) is 0.857. The first-order valence-corrected chi connectivity index (χ1v) is 8.24.